The second-order valence-electron chi connectivity index (χ2n) is 9.77. The average molecular weight is 484 g/mol. The highest BCUT2D eigenvalue weighted by Crippen LogP contribution is 2.33. The van der Waals surface area contributed by atoms with Crippen LogP contribution in [0.25, 0.3) is 0 Å². The van der Waals surface area contributed by atoms with Crippen LogP contribution in [0.4, 0.5) is 0 Å². The number of hydrogen-bond acceptors (Lipinski definition) is 6. The molecule has 2 atom stereocenters. The largest absolute Gasteiger partial charge is 0.374 e. The van der Waals surface area contributed by atoms with Crippen molar-refractivity contribution in [1.29, 1.82) is 0 Å². The molecule has 1 saturated heterocycles. The number of nitrogens with one attached hydrogen (secondary N) is 1. The highest BCUT2D eigenvalue weighted by Gasteiger charge is 2.40. The molecule has 4 amide bonds. The van der Waals surface area contributed by atoms with Crippen molar-refractivity contribution >= 4 is 35.4 Å². The molecule has 2 N–H and O–H groups in total. The molecule has 33 heavy (non-hydrogen) atoms. The molecule has 0 aromatic rings. The van der Waals surface area contributed by atoms with Gasteiger partial charge in [0.15, 0.2) is 0 Å². The van der Waals surface area contributed by atoms with Gasteiger partial charge in [-0.2, -0.15) is 0 Å². The fourth-order valence-corrected chi connectivity index (χ4v) is 5.45. The molecule has 2 fully saturated rings. The van der Waals surface area contributed by atoms with Gasteiger partial charge in [-0.1, -0.05) is 13.8 Å². The molecule has 188 valence electrons. The summed E-state index contributed by atoms with van der Waals surface area (Å²) in [6, 6.07) is 0. The van der Waals surface area contributed by atoms with Gasteiger partial charge in [0.05, 0.1) is 5.25 Å². The quantitative estimate of drug-likeness (QED) is 0.345. The third-order valence-corrected chi connectivity index (χ3v) is 8.65. The lowest BCUT2D eigenvalue weighted by molar-refractivity contribution is -0.140. The average Bonchev–Trinajstić information content (AvgIpc) is 3.06. The number of nitrogens with zero attached hydrogens (tertiary/aromatic N) is 2. The SMILES string of the molecule is CCC(C)(CC)NC(=O)C1CCC(CN2C(=O)CC(SCCC(=O)N(C)[C@@H](C)O)C2=O)CC1. The van der Waals surface area contributed by atoms with E-state index in [0.29, 0.717) is 12.3 Å². The zero-order chi connectivity index (χ0) is 24.8. The van der Waals surface area contributed by atoms with Crippen molar-refractivity contribution in [3.63, 3.8) is 0 Å². The van der Waals surface area contributed by atoms with E-state index in [2.05, 4.69) is 26.1 Å². The monoisotopic (exact) mass is 483 g/mol. The summed E-state index contributed by atoms with van der Waals surface area (Å²) < 4.78 is 0. The van der Waals surface area contributed by atoms with Gasteiger partial charge in [0.2, 0.25) is 23.6 Å². The van der Waals surface area contributed by atoms with E-state index in [1.807, 2.05) is 0 Å². The van der Waals surface area contributed by atoms with Crippen LogP contribution in [0.2, 0.25) is 0 Å². The fourth-order valence-electron chi connectivity index (χ4n) is 4.34. The van der Waals surface area contributed by atoms with Crippen molar-refractivity contribution in [2.24, 2.45) is 11.8 Å². The maximum atomic E-state index is 12.8. The molecule has 0 radical (unpaired) electrons. The fraction of sp³-hybridized carbons (Fsp3) is 0.833. The maximum Gasteiger partial charge on any atom is 0.242 e. The zero-order valence-electron chi connectivity index (χ0n) is 20.8. The van der Waals surface area contributed by atoms with E-state index in [1.165, 1.54) is 35.5 Å². The molecule has 8 nitrogen and oxygen atoms in total. The first-order valence-electron chi connectivity index (χ1n) is 12.2. The summed E-state index contributed by atoms with van der Waals surface area (Å²) in [5, 5.41) is 12.2. The van der Waals surface area contributed by atoms with Gasteiger partial charge in [0.1, 0.15) is 6.23 Å². The molecule has 1 saturated carbocycles. The summed E-state index contributed by atoms with van der Waals surface area (Å²) >= 11 is 1.34. The Morgan fingerprint density at radius 1 is 1.21 bits per heavy atom. The Bertz CT molecular complexity index is 717. The number of thioether (sulfide) groups is 1. The number of aliphatic hydroxyl groups is 1. The zero-order valence-corrected chi connectivity index (χ0v) is 21.6. The lowest BCUT2D eigenvalue weighted by Gasteiger charge is -2.34. The molecule has 1 unspecified atom stereocenters. The highest BCUT2D eigenvalue weighted by molar-refractivity contribution is 8.00. The smallest absolute Gasteiger partial charge is 0.242 e. The van der Waals surface area contributed by atoms with E-state index in [9.17, 15) is 24.3 Å². The minimum Gasteiger partial charge on any atom is -0.374 e. The van der Waals surface area contributed by atoms with E-state index in [0.717, 1.165) is 38.5 Å². The Balaban J connectivity index is 1.78. The minimum absolute atomic E-state index is 0.00395. The summed E-state index contributed by atoms with van der Waals surface area (Å²) in [5.74, 6) is 0.293. The number of likely N-dealkylation sites (tertiary alicyclic amines) is 1. The molecule has 0 aromatic heterocycles. The standard InChI is InChI=1S/C24H41N3O5S/c1-6-24(4,7-2)25-22(31)18-10-8-17(9-11-18)15-27-21(30)14-19(23(27)32)33-13-12-20(29)26(5)16(3)28/h16-19,28H,6-15H2,1-5H3,(H,25,31)/t16-,17?,18?,19?/m1/s1. The maximum absolute atomic E-state index is 12.8. The van der Waals surface area contributed by atoms with E-state index >= 15 is 0 Å². The van der Waals surface area contributed by atoms with Crippen molar-refractivity contribution in [2.45, 2.75) is 96.1 Å². The Hall–Kier alpha value is -1.61. The molecule has 0 bridgehead atoms. The number of amides is 4. The summed E-state index contributed by atoms with van der Waals surface area (Å²) in [4.78, 5) is 52.6. The van der Waals surface area contributed by atoms with Crippen molar-refractivity contribution < 1.29 is 24.3 Å². The second-order valence-corrected chi connectivity index (χ2v) is 11.1. The number of aliphatic hydroxyl groups excluding tert-OH is 1. The van der Waals surface area contributed by atoms with Crippen LogP contribution in [-0.4, -0.2) is 74.9 Å². The lowest BCUT2D eigenvalue weighted by Crippen LogP contribution is -2.48. The van der Waals surface area contributed by atoms with Crippen molar-refractivity contribution in [3.8, 4) is 0 Å². The Morgan fingerprint density at radius 3 is 2.36 bits per heavy atom. The number of imide groups is 1. The first-order valence-corrected chi connectivity index (χ1v) is 13.3. The Kier molecular flexibility index (Phi) is 10.2. The van der Waals surface area contributed by atoms with Crippen molar-refractivity contribution in [1.82, 2.24) is 15.1 Å². The van der Waals surface area contributed by atoms with Crippen LogP contribution in [0, 0.1) is 11.8 Å². The molecule has 1 aliphatic heterocycles. The van der Waals surface area contributed by atoms with Gasteiger partial charge >= 0.3 is 0 Å². The molecule has 9 heteroatoms. The normalized spacial score (nSPS) is 24.7. The van der Waals surface area contributed by atoms with E-state index < -0.39 is 11.5 Å². The third kappa shape index (κ3) is 7.44. The van der Waals surface area contributed by atoms with Gasteiger partial charge in [0.25, 0.3) is 0 Å². The van der Waals surface area contributed by atoms with Crippen molar-refractivity contribution in [2.75, 3.05) is 19.3 Å². The predicted octanol–water partition coefficient (Wildman–Crippen LogP) is 2.54. The number of carbonyl (C=O) groups is 4. The van der Waals surface area contributed by atoms with E-state index in [-0.39, 0.29) is 53.8 Å². The van der Waals surface area contributed by atoms with Crippen LogP contribution >= 0.6 is 11.8 Å². The molecular formula is C24H41N3O5S. The first-order chi connectivity index (χ1) is 15.5. The van der Waals surface area contributed by atoms with E-state index in [1.54, 1.807) is 0 Å². The second kappa shape index (κ2) is 12.2. The topological polar surface area (TPSA) is 107 Å². The van der Waals surface area contributed by atoms with Crippen LogP contribution < -0.4 is 5.32 Å². The van der Waals surface area contributed by atoms with Gasteiger partial charge in [-0.05, 0) is 58.3 Å². The van der Waals surface area contributed by atoms with Crippen LogP contribution in [0.5, 0.6) is 0 Å². The number of carbonyl (C=O) groups excluding carboxylic acids is 4. The van der Waals surface area contributed by atoms with Gasteiger partial charge in [0, 0.05) is 43.6 Å². The molecular weight excluding hydrogens is 442 g/mol. The minimum atomic E-state index is -0.850. The van der Waals surface area contributed by atoms with Gasteiger partial charge in [-0.15, -0.1) is 11.8 Å². The highest BCUT2D eigenvalue weighted by atomic mass is 32.2. The number of rotatable bonds is 11. The number of hydrogen-bond donors (Lipinski definition) is 2. The summed E-state index contributed by atoms with van der Waals surface area (Å²) in [6.07, 6.45) is 4.57. The molecule has 2 aliphatic rings. The Labute approximate surface area is 202 Å². The van der Waals surface area contributed by atoms with Crippen LogP contribution in [0.15, 0.2) is 0 Å². The van der Waals surface area contributed by atoms with Gasteiger partial charge in [-0.25, -0.2) is 0 Å². The van der Waals surface area contributed by atoms with Crippen LogP contribution in [0.1, 0.15) is 79.1 Å². The lowest BCUT2D eigenvalue weighted by atomic mass is 9.80. The van der Waals surface area contributed by atoms with Gasteiger partial charge in [-0.3, -0.25) is 24.1 Å². The Morgan fingerprint density at radius 2 is 1.82 bits per heavy atom. The van der Waals surface area contributed by atoms with Gasteiger partial charge < -0.3 is 15.3 Å². The van der Waals surface area contributed by atoms with Crippen LogP contribution in [0.3, 0.4) is 0 Å². The first kappa shape index (κ1) is 27.6. The predicted molar refractivity (Wildman–Crippen MR) is 129 cm³/mol. The summed E-state index contributed by atoms with van der Waals surface area (Å²) in [5.41, 5.74) is -0.161. The molecule has 1 aliphatic carbocycles. The third-order valence-electron chi connectivity index (χ3n) is 7.44. The summed E-state index contributed by atoms with van der Waals surface area (Å²) in [6.45, 7) is 8.20. The summed E-state index contributed by atoms with van der Waals surface area (Å²) in [7, 11) is 1.54. The molecule has 2 rings (SSSR count). The molecule has 0 spiro atoms. The van der Waals surface area contributed by atoms with Crippen LogP contribution in [-0.2, 0) is 19.2 Å². The molecule has 0 aromatic carbocycles. The molecule has 1 heterocycles. The van der Waals surface area contributed by atoms with Crippen molar-refractivity contribution in [3.05, 3.63) is 0 Å². The van der Waals surface area contributed by atoms with E-state index in [4.69, 9.17) is 0 Å².